The highest BCUT2D eigenvalue weighted by Crippen LogP contribution is 2.30. The van der Waals surface area contributed by atoms with Crippen molar-refractivity contribution in [1.82, 2.24) is 5.32 Å². The number of carbonyl (C=O) groups is 1. The topological polar surface area (TPSA) is 64.3 Å². The van der Waals surface area contributed by atoms with Gasteiger partial charge in [0.2, 0.25) is 5.91 Å². The van der Waals surface area contributed by atoms with Crippen LogP contribution in [0.5, 0.6) is 0 Å². The van der Waals surface area contributed by atoms with E-state index in [0.29, 0.717) is 11.4 Å². The molecule has 1 aliphatic carbocycles. The minimum atomic E-state index is -0.428. The average molecular weight is 258 g/mol. The maximum atomic E-state index is 11.8. The molecule has 0 saturated heterocycles. The van der Waals surface area contributed by atoms with E-state index in [1.165, 1.54) is 0 Å². The van der Waals surface area contributed by atoms with Gasteiger partial charge in [0.05, 0.1) is 16.6 Å². The Morgan fingerprint density at radius 2 is 2.12 bits per heavy atom. The van der Waals surface area contributed by atoms with Crippen molar-refractivity contribution in [1.29, 1.82) is 0 Å². The second kappa shape index (κ2) is 6.31. The van der Waals surface area contributed by atoms with Gasteiger partial charge in [-0.3, -0.25) is 4.79 Å². The monoisotopic (exact) mass is 258 g/mol. The number of ether oxygens (including phenoxy) is 1. The van der Waals surface area contributed by atoms with E-state index in [0.717, 1.165) is 32.1 Å². The summed E-state index contributed by atoms with van der Waals surface area (Å²) in [6.45, 7) is 1.95. The molecule has 4 nitrogen and oxygen atoms in total. The molecule has 3 N–H and O–H groups in total. The molecule has 0 aromatic rings. The molecule has 1 aliphatic rings. The number of hydrogen-bond acceptors (Lipinski definition) is 3. The average Bonchev–Trinajstić information content (AvgIpc) is 2.75. The van der Waals surface area contributed by atoms with Gasteiger partial charge in [0.25, 0.3) is 0 Å². The molecule has 0 bridgehead atoms. The van der Waals surface area contributed by atoms with Crippen LogP contribution in [-0.4, -0.2) is 29.6 Å². The number of nitrogens with one attached hydrogen (secondary N) is 1. The summed E-state index contributed by atoms with van der Waals surface area (Å²) in [5.41, 5.74) is 5.33. The van der Waals surface area contributed by atoms with Gasteiger partial charge in [-0.25, -0.2) is 0 Å². The van der Waals surface area contributed by atoms with Crippen molar-refractivity contribution in [2.24, 2.45) is 5.73 Å². The molecule has 0 heterocycles. The van der Waals surface area contributed by atoms with Crippen molar-refractivity contribution < 1.29 is 9.53 Å². The molecule has 0 radical (unpaired) electrons. The van der Waals surface area contributed by atoms with E-state index in [1.54, 1.807) is 7.11 Å². The van der Waals surface area contributed by atoms with Gasteiger partial charge in [0.1, 0.15) is 0 Å². The van der Waals surface area contributed by atoms with Crippen LogP contribution in [0, 0.1) is 0 Å². The first-order chi connectivity index (χ1) is 8.00. The molecule has 5 heteroatoms. The van der Waals surface area contributed by atoms with E-state index in [1.807, 2.05) is 6.92 Å². The molecule has 17 heavy (non-hydrogen) atoms. The smallest absolute Gasteiger partial charge is 0.220 e. The zero-order valence-corrected chi connectivity index (χ0v) is 11.4. The van der Waals surface area contributed by atoms with E-state index >= 15 is 0 Å². The largest absolute Gasteiger partial charge is 0.391 e. The molecular formula is C12H22N2O2S. The predicted molar refractivity (Wildman–Crippen MR) is 71.8 cm³/mol. The summed E-state index contributed by atoms with van der Waals surface area (Å²) in [7, 11) is 1.65. The van der Waals surface area contributed by atoms with E-state index in [9.17, 15) is 4.79 Å². The van der Waals surface area contributed by atoms with Crippen molar-refractivity contribution in [3.05, 3.63) is 0 Å². The lowest BCUT2D eigenvalue weighted by atomic mass is 9.97. The molecule has 1 amide bonds. The van der Waals surface area contributed by atoms with E-state index in [4.69, 9.17) is 22.7 Å². The molecule has 1 rings (SSSR count). The molecule has 98 valence electrons. The standard InChI is InChI=1S/C12H22N2O2S/c1-9(16-2)5-6-10(15)14-12(11(13)17)7-3-4-8-12/h9H,3-8H2,1-2H3,(H2,13,17)(H,14,15). The van der Waals surface area contributed by atoms with E-state index < -0.39 is 5.54 Å². The summed E-state index contributed by atoms with van der Waals surface area (Å²) in [6, 6.07) is 0. The number of methoxy groups -OCH3 is 1. The minimum Gasteiger partial charge on any atom is -0.391 e. The third-order valence-electron chi connectivity index (χ3n) is 3.49. The zero-order chi connectivity index (χ0) is 12.9. The van der Waals surface area contributed by atoms with Gasteiger partial charge in [-0.1, -0.05) is 25.1 Å². The van der Waals surface area contributed by atoms with Crippen LogP contribution in [-0.2, 0) is 9.53 Å². The van der Waals surface area contributed by atoms with Crippen LogP contribution in [0.1, 0.15) is 45.4 Å². The number of rotatable bonds is 6. The molecule has 1 atom stereocenters. The first-order valence-electron chi connectivity index (χ1n) is 6.14. The Morgan fingerprint density at radius 1 is 1.53 bits per heavy atom. The molecular weight excluding hydrogens is 236 g/mol. The van der Waals surface area contributed by atoms with Crippen LogP contribution in [0.3, 0.4) is 0 Å². The fourth-order valence-corrected chi connectivity index (χ4v) is 2.45. The lowest BCUT2D eigenvalue weighted by Crippen LogP contribution is -2.54. The Labute approximate surface area is 108 Å². The van der Waals surface area contributed by atoms with Gasteiger partial charge in [0, 0.05) is 13.5 Å². The van der Waals surface area contributed by atoms with Gasteiger partial charge in [-0.15, -0.1) is 0 Å². The van der Waals surface area contributed by atoms with Crippen LogP contribution in [0.25, 0.3) is 0 Å². The molecule has 0 spiro atoms. The highest BCUT2D eigenvalue weighted by atomic mass is 32.1. The maximum Gasteiger partial charge on any atom is 0.220 e. The van der Waals surface area contributed by atoms with Crippen molar-refractivity contribution in [3.8, 4) is 0 Å². The Kier molecular flexibility index (Phi) is 5.33. The van der Waals surface area contributed by atoms with Crippen LogP contribution in [0.4, 0.5) is 0 Å². The number of nitrogens with two attached hydrogens (primary N) is 1. The fraction of sp³-hybridized carbons (Fsp3) is 0.833. The van der Waals surface area contributed by atoms with Gasteiger partial charge in [0.15, 0.2) is 0 Å². The highest BCUT2D eigenvalue weighted by Gasteiger charge is 2.37. The number of thiocarbonyl (C=S) groups is 1. The van der Waals surface area contributed by atoms with E-state index in [2.05, 4.69) is 5.32 Å². The van der Waals surface area contributed by atoms with Gasteiger partial charge in [-0.2, -0.15) is 0 Å². The summed E-state index contributed by atoms with van der Waals surface area (Å²) < 4.78 is 5.11. The molecule has 0 aromatic heterocycles. The fourth-order valence-electron chi connectivity index (χ4n) is 2.19. The van der Waals surface area contributed by atoms with E-state index in [-0.39, 0.29) is 12.0 Å². The molecule has 1 saturated carbocycles. The normalized spacial score (nSPS) is 19.9. The lowest BCUT2D eigenvalue weighted by molar-refractivity contribution is -0.122. The van der Waals surface area contributed by atoms with Gasteiger partial charge < -0.3 is 15.8 Å². The van der Waals surface area contributed by atoms with Gasteiger partial charge >= 0.3 is 0 Å². The summed E-state index contributed by atoms with van der Waals surface area (Å²) >= 11 is 5.08. The summed E-state index contributed by atoms with van der Waals surface area (Å²) in [6.07, 6.45) is 5.17. The SMILES string of the molecule is COC(C)CCC(=O)NC1(C(N)=S)CCCC1. The third kappa shape index (κ3) is 3.92. The van der Waals surface area contributed by atoms with Crippen molar-refractivity contribution >= 4 is 23.1 Å². The van der Waals surface area contributed by atoms with Gasteiger partial charge in [-0.05, 0) is 26.2 Å². The van der Waals surface area contributed by atoms with Crippen LogP contribution in [0.15, 0.2) is 0 Å². The second-order valence-electron chi connectivity index (χ2n) is 4.79. The summed E-state index contributed by atoms with van der Waals surface area (Å²) in [4.78, 5) is 12.3. The molecule has 1 unspecified atom stereocenters. The first kappa shape index (κ1) is 14.4. The Bertz CT molecular complexity index is 288. The number of carbonyl (C=O) groups excluding carboxylic acids is 1. The van der Waals surface area contributed by atoms with Crippen molar-refractivity contribution in [2.75, 3.05) is 7.11 Å². The Balaban J connectivity index is 2.45. The Morgan fingerprint density at radius 3 is 2.59 bits per heavy atom. The molecule has 0 aliphatic heterocycles. The van der Waals surface area contributed by atoms with Crippen molar-refractivity contribution in [3.63, 3.8) is 0 Å². The summed E-state index contributed by atoms with van der Waals surface area (Å²) in [5, 5.41) is 3.01. The third-order valence-corrected chi connectivity index (χ3v) is 3.88. The maximum absolute atomic E-state index is 11.8. The second-order valence-corrected chi connectivity index (χ2v) is 5.23. The van der Waals surface area contributed by atoms with Crippen LogP contribution < -0.4 is 11.1 Å². The van der Waals surface area contributed by atoms with Crippen LogP contribution in [0.2, 0.25) is 0 Å². The Hall–Kier alpha value is -0.680. The number of amides is 1. The van der Waals surface area contributed by atoms with Crippen LogP contribution >= 0.6 is 12.2 Å². The van der Waals surface area contributed by atoms with Crippen molar-refractivity contribution in [2.45, 2.75) is 57.1 Å². The number of hydrogen-bond donors (Lipinski definition) is 2. The lowest BCUT2D eigenvalue weighted by Gasteiger charge is -2.29. The molecule has 0 aromatic carbocycles. The predicted octanol–water partition coefficient (Wildman–Crippen LogP) is 1.52. The summed E-state index contributed by atoms with van der Waals surface area (Å²) in [5.74, 6) is 0.0172. The quantitative estimate of drug-likeness (QED) is 0.709. The molecule has 1 fully saturated rings. The zero-order valence-electron chi connectivity index (χ0n) is 10.6. The first-order valence-corrected chi connectivity index (χ1v) is 6.55. The highest BCUT2D eigenvalue weighted by molar-refractivity contribution is 7.80. The minimum absolute atomic E-state index is 0.0172.